The Labute approximate surface area is 120 Å². The first-order valence-corrected chi connectivity index (χ1v) is 8.40. The normalized spacial score (nSPS) is 35.5. The predicted octanol–water partition coefficient (Wildman–Crippen LogP) is 5.59. The molecule has 0 nitrogen and oxygen atoms in total. The Balaban J connectivity index is 1.66. The summed E-state index contributed by atoms with van der Waals surface area (Å²) >= 11 is 0. The lowest BCUT2D eigenvalue weighted by molar-refractivity contribution is 0.153. The molecule has 0 aliphatic heterocycles. The molecule has 0 unspecified atom stereocenters. The van der Waals surface area contributed by atoms with Crippen molar-refractivity contribution in [2.45, 2.75) is 70.6 Å². The van der Waals surface area contributed by atoms with Crippen molar-refractivity contribution in [3.05, 3.63) is 12.7 Å². The summed E-state index contributed by atoms with van der Waals surface area (Å²) in [4.78, 5) is 0. The zero-order valence-corrected chi connectivity index (χ0v) is 12.4. The van der Waals surface area contributed by atoms with E-state index >= 15 is 0 Å². The molecular formula is C19H30. The first kappa shape index (κ1) is 14.7. The Kier molecular flexibility index (Phi) is 6.02. The summed E-state index contributed by atoms with van der Waals surface area (Å²) in [5, 5.41) is 0. The number of hydrogen-bond acceptors (Lipinski definition) is 0. The van der Waals surface area contributed by atoms with Gasteiger partial charge in [-0.1, -0.05) is 25.3 Å². The SMILES string of the molecule is C#C[C@H]1CC[C@H]([C@H]2CC[C@H](CCCC=C)CC2)CC1. The van der Waals surface area contributed by atoms with E-state index < -0.39 is 0 Å². The molecule has 0 aromatic carbocycles. The highest BCUT2D eigenvalue weighted by molar-refractivity contribution is 4.96. The van der Waals surface area contributed by atoms with Crippen molar-refractivity contribution in [1.29, 1.82) is 0 Å². The molecule has 2 aliphatic carbocycles. The van der Waals surface area contributed by atoms with Crippen molar-refractivity contribution >= 4 is 0 Å². The van der Waals surface area contributed by atoms with Crippen LogP contribution in [0.3, 0.4) is 0 Å². The van der Waals surface area contributed by atoms with Crippen LogP contribution < -0.4 is 0 Å². The summed E-state index contributed by atoms with van der Waals surface area (Å²) in [6.07, 6.45) is 22.9. The molecule has 106 valence electrons. The van der Waals surface area contributed by atoms with E-state index in [1.54, 1.807) is 0 Å². The third-order valence-electron chi connectivity index (χ3n) is 5.59. The fraction of sp³-hybridized carbons (Fsp3) is 0.789. The maximum absolute atomic E-state index is 5.55. The van der Waals surface area contributed by atoms with Crippen molar-refractivity contribution in [3.63, 3.8) is 0 Å². The summed E-state index contributed by atoms with van der Waals surface area (Å²) in [5.74, 6) is 6.58. The van der Waals surface area contributed by atoms with Crippen LogP contribution in [0.25, 0.3) is 0 Å². The Morgan fingerprint density at radius 3 is 2.05 bits per heavy atom. The van der Waals surface area contributed by atoms with Gasteiger partial charge in [0.05, 0.1) is 0 Å². The quantitative estimate of drug-likeness (QED) is 0.342. The van der Waals surface area contributed by atoms with E-state index in [1.165, 1.54) is 70.6 Å². The first-order valence-electron chi connectivity index (χ1n) is 8.40. The molecule has 2 rings (SSSR count). The molecule has 0 spiro atoms. The molecule has 0 atom stereocenters. The molecule has 0 aromatic heterocycles. The van der Waals surface area contributed by atoms with Crippen LogP contribution in [0, 0.1) is 36.0 Å². The van der Waals surface area contributed by atoms with Gasteiger partial charge in [-0.2, -0.15) is 0 Å². The standard InChI is InChI=1S/C19H30/c1-3-5-6-7-17-10-14-19(15-11-17)18-12-8-16(4-2)9-13-18/h2-3,16-19H,1,5-15H2/t16-,17-,18-,19-. The van der Waals surface area contributed by atoms with Gasteiger partial charge in [-0.15, -0.1) is 18.9 Å². The van der Waals surface area contributed by atoms with E-state index in [0.29, 0.717) is 5.92 Å². The summed E-state index contributed by atoms with van der Waals surface area (Å²) < 4.78 is 0. The third-order valence-corrected chi connectivity index (χ3v) is 5.59. The second kappa shape index (κ2) is 7.78. The Morgan fingerprint density at radius 1 is 0.947 bits per heavy atom. The Hall–Kier alpha value is -0.700. The molecule has 2 fully saturated rings. The van der Waals surface area contributed by atoms with Gasteiger partial charge < -0.3 is 0 Å². The summed E-state index contributed by atoms with van der Waals surface area (Å²) in [6, 6.07) is 0. The van der Waals surface area contributed by atoms with Gasteiger partial charge in [0.1, 0.15) is 0 Å². The fourth-order valence-corrected chi connectivity index (χ4v) is 4.26. The first-order chi connectivity index (χ1) is 9.33. The van der Waals surface area contributed by atoms with E-state index in [2.05, 4.69) is 18.6 Å². The van der Waals surface area contributed by atoms with Crippen LogP contribution >= 0.6 is 0 Å². The van der Waals surface area contributed by atoms with Crippen LogP contribution in [0.4, 0.5) is 0 Å². The number of unbranched alkanes of at least 4 members (excludes halogenated alkanes) is 1. The second-order valence-electron chi connectivity index (χ2n) is 6.78. The maximum atomic E-state index is 5.55. The smallest absolute Gasteiger partial charge is 0.0200 e. The lowest BCUT2D eigenvalue weighted by atomic mass is 9.69. The molecule has 0 bridgehead atoms. The van der Waals surface area contributed by atoms with Crippen molar-refractivity contribution in [2.24, 2.45) is 23.7 Å². The lowest BCUT2D eigenvalue weighted by Gasteiger charge is -2.37. The molecule has 0 N–H and O–H groups in total. The number of hydrogen-bond donors (Lipinski definition) is 0. The lowest BCUT2D eigenvalue weighted by Crippen LogP contribution is -2.25. The minimum atomic E-state index is 0.589. The molecule has 0 heterocycles. The topological polar surface area (TPSA) is 0 Å². The number of allylic oxidation sites excluding steroid dienone is 1. The maximum Gasteiger partial charge on any atom is 0.0200 e. The van der Waals surface area contributed by atoms with Crippen LogP contribution in [0.1, 0.15) is 70.6 Å². The summed E-state index contributed by atoms with van der Waals surface area (Å²) in [7, 11) is 0. The third kappa shape index (κ3) is 4.41. The van der Waals surface area contributed by atoms with Gasteiger partial charge in [0.15, 0.2) is 0 Å². The van der Waals surface area contributed by atoms with Gasteiger partial charge in [0.2, 0.25) is 0 Å². The van der Waals surface area contributed by atoms with Crippen molar-refractivity contribution in [1.82, 2.24) is 0 Å². The molecule has 0 radical (unpaired) electrons. The van der Waals surface area contributed by atoms with Gasteiger partial charge >= 0.3 is 0 Å². The highest BCUT2D eigenvalue weighted by Gasteiger charge is 2.30. The minimum Gasteiger partial charge on any atom is -0.120 e. The average Bonchev–Trinajstić information content (AvgIpc) is 2.48. The van der Waals surface area contributed by atoms with Crippen LogP contribution in [0.2, 0.25) is 0 Å². The van der Waals surface area contributed by atoms with Crippen molar-refractivity contribution < 1.29 is 0 Å². The van der Waals surface area contributed by atoms with Gasteiger partial charge in [0.25, 0.3) is 0 Å². The van der Waals surface area contributed by atoms with E-state index in [4.69, 9.17) is 6.42 Å². The van der Waals surface area contributed by atoms with Crippen LogP contribution in [-0.4, -0.2) is 0 Å². The molecule has 0 amide bonds. The summed E-state index contributed by atoms with van der Waals surface area (Å²) in [6.45, 7) is 3.82. The highest BCUT2D eigenvalue weighted by atomic mass is 14.3. The van der Waals surface area contributed by atoms with Gasteiger partial charge in [-0.3, -0.25) is 0 Å². The molecule has 19 heavy (non-hydrogen) atoms. The van der Waals surface area contributed by atoms with Gasteiger partial charge in [0, 0.05) is 5.92 Å². The minimum absolute atomic E-state index is 0.589. The summed E-state index contributed by atoms with van der Waals surface area (Å²) in [5.41, 5.74) is 0. The van der Waals surface area contributed by atoms with Crippen LogP contribution in [-0.2, 0) is 0 Å². The largest absolute Gasteiger partial charge is 0.120 e. The number of rotatable bonds is 5. The van der Waals surface area contributed by atoms with Crippen molar-refractivity contribution in [3.8, 4) is 12.3 Å². The molecular weight excluding hydrogens is 228 g/mol. The van der Waals surface area contributed by atoms with Crippen LogP contribution in [0.5, 0.6) is 0 Å². The molecule has 2 saturated carbocycles. The zero-order valence-electron chi connectivity index (χ0n) is 12.4. The van der Waals surface area contributed by atoms with Crippen LogP contribution in [0.15, 0.2) is 12.7 Å². The van der Waals surface area contributed by atoms with Crippen molar-refractivity contribution in [2.75, 3.05) is 0 Å². The molecule has 0 heteroatoms. The Morgan fingerprint density at radius 2 is 1.53 bits per heavy atom. The molecule has 0 aromatic rings. The van der Waals surface area contributed by atoms with E-state index in [9.17, 15) is 0 Å². The predicted molar refractivity (Wildman–Crippen MR) is 83.8 cm³/mol. The highest BCUT2D eigenvalue weighted by Crippen LogP contribution is 2.42. The van der Waals surface area contributed by atoms with E-state index in [0.717, 1.165) is 17.8 Å². The van der Waals surface area contributed by atoms with E-state index in [1.807, 2.05) is 0 Å². The zero-order chi connectivity index (χ0) is 13.5. The molecule has 0 saturated heterocycles. The van der Waals surface area contributed by atoms with E-state index in [-0.39, 0.29) is 0 Å². The Bertz CT molecular complexity index is 292. The number of terminal acetylenes is 1. The van der Waals surface area contributed by atoms with Gasteiger partial charge in [-0.05, 0) is 69.1 Å². The van der Waals surface area contributed by atoms with Gasteiger partial charge in [-0.25, -0.2) is 0 Å². The molecule has 2 aliphatic rings. The second-order valence-corrected chi connectivity index (χ2v) is 6.78. The fourth-order valence-electron chi connectivity index (χ4n) is 4.26. The monoisotopic (exact) mass is 258 g/mol. The average molecular weight is 258 g/mol.